The molecule has 1 aromatic rings. The first-order valence-electron chi connectivity index (χ1n) is 6.06. The Kier molecular flexibility index (Phi) is 3.00. The van der Waals surface area contributed by atoms with Crippen LogP contribution in [0.1, 0.15) is 51.2 Å². The minimum atomic E-state index is 0.595. The summed E-state index contributed by atoms with van der Waals surface area (Å²) in [5.41, 5.74) is 7.35. The summed E-state index contributed by atoms with van der Waals surface area (Å²) in [5, 5.41) is 0. The second-order valence-corrected chi connectivity index (χ2v) is 5.07. The molecule has 0 bridgehead atoms. The number of allylic oxidation sites excluding steroid dienone is 4. The summed E-state index contributed by atoms with van der Waals surface area (Å²) in [4.78, 5) is 0. The van der Waals surface area contributed by atoms with Crippen LogP contribution in [0.15, 0.2) is 41.5 Å². The standard InChI is InChI=1S/C16H20/c1-11(2)14-7-5-6-8-15(14)16-10-12(3)9-13(16)4/h5-9,11H,10H2,1-4H3. The number of rotatable bonds is 2. The third kappa shape index (κ3) is 1.97. The Morgan fingerprint density at radius 3 is 2.31 bits per heavy atom. The molecule has 0 nitrogen and oxygen atoms in total. The van der Waals surface area contributed by atoms with Crippen LogP contribution < -0.4 is 0 Å². The molecular formula is C16H20. The van der Waals surface area contributed by atoms with Gasteiger partial charge in [0, 0.05) is 0 Å². The van der Waals surface area contributed by atoms with E-state index in [1.807, 2.05) is 0 Å². The predicted molar refractivity (Wildman–Crippen MR) is 71.5 cm³/mol. The summed E-state index contributed by atoms with van der Waals surface area (Å²) >= 11 is 0. The maximum absolute atomic E-state index is 2.31. The van der Waals surface area contributed by atoms with Crippen LogP contribution in [0.5, 0.6) is 0 Å². The topological polar surface area (TPSA) is 0 Å². The van der Waals surface area contributed by atoms with Crippen LogP contribution >= 0.6 is 0 Å². The molecule has 0 aromatic heterocycles. The van der Waals surface area contributed by atoms with Crippen molar-refractivity contribution in [2.24, 2.45) is 0 Å². The summed E-state index contributed by atoms with van der Waals surface area (Å²) in [6, 6.07) is 8.81. The Labute approximate surface area is 98.7 Å². The normalized spacial score (nSPS) is 15.9. The number of hydrogen-bond acceptors (Lipinski definition) is 0. The van der Waals surface area contributed by atoms with Crippen LogP contribution in [0.2, 0.25) is 0 Å². The van der Waals surface area contributed by atoms with E-state index in [9.17, 15) is 0 Å². The molecule has 0 amide bonds. The van der Waals surface area contributed by atoms with Gasteiger partial charge in [0.1, 0.15) is 0 Å². The Morgan fingerprint density at radius 1 is 1.06 bits per heavy atom. The highest BCUT2D eigenvalue weighted by Crippen LogP contribution is 2.36. The molecule has 16 heavy (non-hydrogen) atoms. The molecule has 0 atom stereocenters. The lowest BCUT2D eigenvalue weighted by Crippen LogP contribution is -1.95. The maximum atomic E-state index is 2.31. The SMILES string of the molecule is CC1=CC(C)=C(c2ccccc2C(C)C)C1. The zero-order valence-electron chi connectivity index (χ0n) is 10.7. The van der Waals surface area contributed by atoms with Gasteiger partial charge >= 0.3 is 0 Å². The summed E-state index contributed by atoms with van der Waals surface area (Å²) in [7, 11) is 0. The van der Waals surface area contributed by atoms with Crippen molar-refractivity contribution in [3.63, 3.8) is 0 Å². The van der Waals surface area contributed by atoms with Crippen LogP contribution in [-0.2, 0) is 0 Å². The van der Waals surface area contributed by atoms with Crippen molar-refractivity contribution in [3.05, 3.63) is 52.6 Å². The molecule has 0 spiro atoms. The third-order valence-corrected chi connectivity index (χ3v) is 3.30. The molecule has 0 radical (unpaired) electrons. The number of hydrogen-bond donors (Lipinski definition) is 0. The molecule has 84 valence electrons. The molecule has 0 unspecified atom stereocenters. The van der Waals surface area contributed by atoms with Crippen molar-refractivity contribution in [2.75, 3.05) is 0 Å². The molecule has 0 N–H and O–H groups in total. The first-order chi connectivity index (χ1) is 7.59. The van der Waals surface area contributed by atoms with Gasteiger partial charge in [-0.05, 0) is 48.5 Å². The third-order valence-electron chi connectivity index (χ3n) is 3.30. The zero-order chi connectivity index (χ0) is 11.7. The van der Waals surface area contributed by atoms with Crippen molar-refractivity contribution in [1.82, 2.24) is 0 Å². The van der Waals surface area contributed by atoms with Crippen molar-refractivity contribution < 1.29 is 0 Å². The molecule has 0 saturated carbocycles. The van der Waals surface area contributed by atoms with Gasteiger partial charge in [0.05, 0.1) is 0 Å². The van der Waals surface area contributed by atoms with Gasteiger partial charge in [0.15, 0.2) is 0 Å². The number of benzene rings is 1. The molecule has 1 aliphatic carbocycles. The van der Waals surface area contributed by atoms with Gasteiger partial charge in [-0.25, -0.2) is 0 Å². The summed E-state index contributed by atoms with van der Waals surface area (Å²) < 4.78 is 0. The molecule has 0 saturated heterocycles. The highest BCUT2D eigenvalue weighted by Gasteiger charge is 2.15. The second kappa shape index (κ2) is 4.29. The Hall–Kier alpha value is -1.30. The highest BCUT2D eigenvalue weighted by molar-refractivity contribution is 5.77. The quantitative estimate of drug-likeness (QED) is 0.651. The molecule has 0 fully saturated rings. The first kappa shape index (κ1) is 11.2. The van der Waals surface area contributed by atoms with Gasteiger partial charge in [-0.15, -0.1) is 0 Å². The van der Waals surface area contributed by atoms with Gasteiger partial charge in [-0.1, -0.05) is 49.8 Å². The maximum Gasteiger partial charge on any atom is -0.00580 e. The molecular weight excluding hydrogens is 192 g/mol. The predicted octanol–water partition coefficient (Wildman–Crippen LogP) is 4.93. The van der Waals surface area contributed by atoms with Crippen LogP contribution in [-0.4, -0.2) is 0 Å². The van der Waals surface area contributed by atoms with E-state index < -0.39 is 0 Å². The van der Waals surface area contributed by atoms with Gasteiger partial charge in [0.25, 0.3) is 0 Å². The lowest BCUT2D eigenvalue weighted by Gasteiger charge is -2.14. The van der Waals surface area contributed by atoms with Gasteiger partial charge in [0.2, 0.25) is 0 Å². The molecule has 0 aliphatic heterocycles. The van der Waals surface area contributed by atoms with Gasteiger partial charge in [-0.3, -0.25) is 0 Å². The van der Waals surface area contributed by atoms with Crippen LogP contribution in [0.25, 0.3) is 5.57 Å². The van der Waals surface area contributed by atoms with Crippen molar-refractivity contribution >= 4 is 5.57 Å². The van der Waals surface area contributed by atoms with E-state index in [1.165, 1.54) is 27.8 Å². The highest BCUT2D eigenvalue weighted by atomic mass is 14.2. The van der Waals surface area contributed by atoms with E-state index in [0.29, 0.717) is 5.92 Å². The lowest BCUT2D eigenvalue weighted by atomic mass is 9.90. The first-order valence-corrected chi connectivity index (χ1v) is 6.06. The van der Waals surface area contributed by atoms with E-state index in [-0.39, 0.29) is 0 Å². The van der Waals surface area contributed by atoms with Crippen molar-refractivity contribution in [2.45, 2.75) is 40.0 Å². The summed E-state index contributed by atoms with van der Waals surface area (Å²) in [5.74, 6) is 0.595. The Morgan fingerprint density at radius 2 is 1.75 bits per heavy atom. The fourth-order valence-electron chi connectivity index (χ4n) is 2.51. The largest absolute Gasteiger partial charge is 0.0686 e. The van der Waals surface area contributed by atoms with E-state index in [4.69, 9.17) is 0 Å². The van der Waals surface area contributed by atoms with E-state index >= 15 is 0 Å². The fraction of sp³-hybridized carbons (Fsp3) is 0.375. The Bertz CT molecular complexity index is 459. The van der Waals surface area contributed by atoms with Crippen LogP contribution in [0, 0.1) is 0 Å². The minimum Gasteiger partial charge on any atom is -0.0686 e. The average molecular weight is 212 g/mol. The van der Waals surface area contributed by atoms with E-state index in [2.05, 4.69) is 58.0 Å². The smallest absolute Gasteiger partial charge is 0.00580 e. The lowest BCUT2D eigenvalue weighted by molar-refractivity contribution is 0.861. The summed E-state index contributed by atoms with van der Waals surface area (Å²) in [6.45, 7) is 8.98. The van der Waals surface area contributed by atoms with Gasteiger partial charge in [-0.2, -0.15) is 0 Å². The monoisotopic (exact) mass is 212 g/mol. The Balaban J connectivity index is 2.47. The van der Waals surface area contributed by atoms with Crippen molar-refractivity contribution in [3.8, 4) is 0 Å². The molecule has 2 rings (SSSR count). The van der Waals surface area contributed by atoms with E-state index in [1.54, 1.807) is 0 Å². The summed E-state index contributed by atoms with van der Waals surface area (Å²) in [6.07, 6.45) is 3.43. The zero-order valence-corrected chi connectivity index (χ0v) is 10.7. The molecule has 0 heterocycles. The molecule has 0 heteroatoms. The average Bonchev–Trinajstić information content (AvgIpc) is 2.57. The molecule has 1 aromatic carbocycles. The van der Waals surface area contributed by atoms with Gasteiger partial charge < -0.3 is 0 Å². The second-order valence-electron chi connectivity index (χ2n) is 5.07. The van der Waals surface area contributed by atoms with Crippen LogP contribution in [0.3, 0.4) is 0 Å². The van der Waals surface area contributed by atoms with E-state index in [0.717, 1.165) is 6.42 Å². The van der Waals surface area contributed by atoms with Crippen LogP contribution in [0.4, 0.5) is 0 Å². The molecule has 1 aliphatic rings. The fourth-order valence-corrected chi connectivity index (χ4v) is 2.51. The van der Waals surface area contributed by atoms with Crippen molar-refractivity contribution in [1.29, 1.82) is 0 Å². The minimum absolute atomic E-state index is 0.595.